The Morgan fingerprint density at radius 1 is 0.781 bits per heavy atom. The van der Waals surface area contributed by atoms with E-state index in [4.69, 9.17) is 11.8 Å². The molecule has 0 bridgehead atoms. The number of pyridine rings is 1. The van der Waals surface area contributed by atoms with Crippen molar-refractivity contribution in [2.75, 3.05) is 0 Å². The smallest absolute Gasteiger partial charge is 0.0798 e. The summed E-state index contributed by atoms with van der Waals surface area (Å²) >= 11 is 1.85. The number of thiophene rings is 1. The van der Waals surface area contributed by atoms with Crippen molar-refractivity contribution in [1.29, 1.82) is 0 Å². The minimum atomic E-state index is -2.17. The Bertz CT molecular complexity index is 3260. The van der Waals surface area contributed by atoms with Crippen LogP contribution in [0.15, 0.2) is 128 Å². The maximum atomic E-state index is 8.79. The summed E-state index contributed by atoms with van der Waals surface area (Å²) in [4.78, 5) is 9.88. The molecule has 6 aromatic carbocycles. The van der Waals surface area contributed by atoms with Gasteiger partial charge in [0.2, 0.25) is 0 Å². The molecule has 0 atom stereocenters. The Labute approximate surface area is 407 Å². The van der Waals surface area contributed by atoms with Gasteiger partial charge in [-0.1, -0.05) is 152 Å². The Hall–Kier alpha value is -4.97. The first kappa shape index (κ1) is 40.5. The molecule has 0 spiro atoms. The van der Waals surface area contributed by atoms with Crippen LogP contribution in [0.4, 0.5) is 0 Å². The van der Waals surface area contributed by atoms with E-state index >= 15 is 0 Å². The second-order valence-corrected chi connectivity index (χ2v) is 25.5. The number of para-hydroxylation sites is 2. The van der Waals surface area contributed by atoms with Crippen LogP contribution in [0.25, 0.3) is 70.7 Å². The molecule has 3 heterocycles. The SMILES string of the molecule is Cc1ccc2c(c1)sc1c(-c3nc4ccccc4n3-c3c(C(C)C)cc(-c4ccccc4)cc3C(C)C)[c-]ccc12.[2H]C([2H])([2H])c1c[c-]c(-c2cc(C([2H])([2H])C(C)(C)C)c([Si](C)(C)C)cn2)cc1.[Ir]. The third-order valence-electron chi connectivity index (χ3n) is 11.4. The molecular formula is C58H61IrN3SSi-2. The van der Waals surface area contributed by atoms with Gasteiger partial charge in [0.1, 0.15) is 0 Å². The molecule has 0 fully saturated rings. The Balaban J connectivity index is 0.000000220. The molecule has 0 aliphatic rings. The summed E-state index contributed by atoms with van der Waals surface area (Å²) in [5, 5.41) is 3.57. The molecule has 3 nitrogen and oxygen atoms in total. The molecule has 0 aliphatic carbocycles. The van der Waals surface area contributed by atoms with Crippen LogP contribution in [-0.4, -0.2) is 22.6 Å². The first-order chi connectivity index (χ1) is 32.0. The molecule has 9 aromatic rings. The van der Waals surface area contributed by atoms with Crippen LogP contribution in [0.3, 0.4) is 0 Å². The van der Waals surface area contributed by atoms with Crippen molar-refractivity contribution in [2.24, 2.45) is 5.41 Å². The molecule has 1 radical (unpaired) electrons. The maximum absolute atomic E-state index is 8.79. The van der Waals surface area contributed by atoms with Gasteiger partial charge < -0.3 is 9.55 Å². The minimum absolute atomic E-state index is 0. The van der Waals surface area contributed by atoms with Gasteiger partial charge >= 0.3 is 0 Å². The van der Waals surface area contributed by atoms with Gasteiger partial charge in [0.15, 0.2) is 0 Å². The molecule has 9 rings (SSSR count). The van der Waals surface area contributed by atoms with Crippen LogP contribution in [0.5, 0.6) is 0 Å². The predicted octanol–water partition coefficient (Wildman–Crippen LogP) is 16.1. The van der Waals surface area contributed by atoms with Crippen molar-refractivity contribution in [3.05, 3.63) is 167 Å². The zero-order valence-electron chi connectivity index (χ0n) is 43.9. The molecule has 0 aliphatic heterocycles. The standard InChI is InChI=1S/C38H33N2S.C20H28NSi.Ir/c1-23(2)31-21-27(26-12-7-6-8-13-26)22-32(24(3)4)36(31)40-34-17-10-9-16-33(34)39-38(40)30-15-11-14-29-28-19-18-25(5)20-35(28)41-37(29)30;1-15-8-10-16(11-9-15)18-12-17(13-20(2,3)4)19(14-21-18)22(5,6)7;/h6-14,16-24H,1-5H3;8-10,12,14H,13H2,1-7H3;/q2*-1;/i;1D3,13D2;. The molecule has 329 valence electrons. The number of aryl methyl sites for hydroxylation is 2. The van der Waals surface area contributed by atoms with Crippen LogP contribution in [0, 0.1) is 31.3 Å². The monoisotopic (exact) mass is 1060 g/mol. The van der Waals surface area contributed by atoms with Gasteiger partial charge in [0, 0.05) is 43.5 Å². The molecule has 0 amide bonds. The van der Waals surface area contributed by atoms with Gasteiger partial charge in [-0.2, -0.15) is 11.3 Å². The van der Waals surface area contributed by atoms with Crippen molar-refractivity contribution in [3.8, 4) is 39.5 Å². The molecule has 0 N–H and O–H groups in total. The van der Waals surface area contributed by atoms with E-state index in [2.05, 4.69) is 173 Å². The van der Waals surface area contributed by atoms with E-state index in [1.807, 2.05) is 38.2 Å². The topological polar surface area (TPSA) is 30.7 Å². The summed E-state index contributed by atoms with van der Waals surface area (Å²) in [5.41, 5.74) is 12.5. The molecule has 0 unspecified atom stereocenters. The van der Waals surface area contributed by atoms with Crippen LogP contribution >= 0.6 is 11.3 Å². The summed E-state index contributed by atoms with van der Waals surface area (Å²) in [6.07, 6.45) is 0.269. The van der Waals surface area contributed by atoms with Crippen molar-refractivity contribution >= 4 is 55.8 Å². The van der Waals surface area contributed by atoms with Gasteiger partial charge in [-0.3, -0.25) is 4.98 Å². The number of fused-ring (bicyclic) bond motifs is 4. The van der Waals surface area contributed by atoms with Gasteiger partial charge in [-0.15, -0.1) is 53.6 Å². The fraction of sp³-hybridized carbons (Fsp3) is 0.276. The minimum Gasteiger partial charge on any atom is -0.333 e. The van der Waals surface area contributed by atoms with E-state index in [1.54, 1.807) is 18.3 Å². The second-order valence-electron chi connectivity index (χ2n) is 19.4. The number of hydrogen-bond acceptors (Lipinski definition) is 3. The fourth-order valence-corrected chi connectivity index (χ4v) is 11.0. The zero-order valence-corrected chi connectivity index (χ0v) is 43.1. The van der Waals surface area contributed by atoms with E-state index in [1.165, 1.54) is 59.7 Å². The van der Waals surface area contributed by atoms with Crippen molar-refractivity contribution in [3.63, 3.8) is 0 Å². The first-order valence-electron chi connectivity index (χ1n) is 24.5. The summed E-state index contributed by atoms with van der Waals surface area (Å²) < 4.78 is 45.0. The Morgan fingerprint density at radius 3 is 2.11 bits per heavy atom. The third-order valence-corrected chi connectivity index (χ3v) is 14.6. The quantitative estimate of drug-likeness (QED) is 0.112. The van der Waals surface area contributed by atoms with Crippen molar-refractivity contribution < 1.29 is 27.0 Å². The van der Waals surface area contributed by atoms with Crippen LogP contribution in [0.1, 0.15) is 95.0 Å². The molecule has 64 heavy (non-hydrogen) atoms. The summed E-state index contributed by atoms with van der Waals surface area (Å²) in [5.74, 6) is 1.61. The third kappa shape index (κ3) is 9.82. The normalized spacial score (nSPS) is 13.5. The van der Waals surface area contributed by atoms with Crippen molar-refractivity contribution in [1.82, 2.24) is 14.5 Å². The van der Waals surface area contributed by atoms with E-state index in [-0.39, 0.29) is 25.7 Å². The van der Waals surface area contributed by atoms with Gasteiger partial charge in [-0.25, -0.2) is 0 Å². The number of aromatic nitrogens is 3. The molecule has 3 aromatic heterocycles. The summed E-state index contributed by atoms with van der Waals surface area (Å²) in [6.45, 7) is 21.5. The Kier molecular flexibility index (Phi) is 11.9. The fourth-order valence-electron chi connectivity index (χ4n) is 8.34. The summed E-state index contributed by atoms with van der Waals surface area (Å²) in [7, 11) is -1.81. The van der Waals surface area contributed by atoms with Gasteiger partial charge in [0.05, 0.1) is 24.9 Å². The molecular weight excluding hydrogens is 991 g/mol. The summed E-state index contributed by atoms with van der Waals surface area (Å²) in [6, 6.07) is 48.3. The largest absolute Gasteiger partial charge is 0.333 e. The first-order valence-corrected chi connectivity index (χ1v) is 26.4. The number of hydrogen-bond donors (Lipinski definition) is 0. The molecule has 0 saturated heterocycles. The van der Waals surface area contributed by atoms with E-state index in [9.17, 15) is 0 Å². The number of imidazole rings is 1. The van der Waals surface area contributed by atoms with Crippen molar-refractivity contribution in [2.45, 2.75) is 100 Å². The number of rotatable bonds is 8. The number of nitrogens with zero attached hydrogens (tertiary/aromatic N) is 3. The maximum Gasteiger partial charge on any atom is 0.0798 e. The number of benzene rings is 6. The average Bonchev–Trinajstić information content (AvgIpc) is 3.86. The molecule has 0 saturated carbocycles. The van der Waals surface area contributed by atoms with Crippen LogP contribution < -0.4 is 5.19 Å². The second kappa shape index (κ2) is 18.9. The van der Waals surface area contributed by atoms with Crippen LogP contribution in [0.2, 0.25) is 19.6 Å². The zero-order chi connectivity index (χ0) is 49.1. The van der Waals surface area contributed by atoms with E-state index < -0.39 is 26.7 Å². The van der Waals surface area contributed by atoms with E-state index in [0.29, 0.717) is 28.7 Å². The van der Waals surface area contributed by atoms with Gasteiger partial charge in [0.25, 0.3) is 0 Å². The van der Waals surface area contributed by atoms with Gasteiger partial charge in [-0.05, 0) is 110 Å². The van der Waals surface area contributed by atoms with E-state index in [0.717, 1.165) is 27.6 Å². The van der Waals surface area contributed by atoms with Crippen LogP contribution in [-0.2, 0) is 26.5 Å². The molecule has 6 heteroatoms. The Morgan fingerprint density at radius 2 is 1.47 bits per heavy atom. The predicted molar refractivity (Wildman–Crippen MR) is 276 cm³/mol. The average molecular weight is 1060 g/mol.